The minimum Gasteiger partial charge on any atom is -0.356 e. The predicted molar refractivity (Wildman–Crippen MR) is 96.3 cm³/mol. The Morgan fingerprint density at radius 1 is 1.38 bits per heavy atom. The molecule has 0 aliphatic rings. The molecule has 0 radical (unpaired) electrons. The van der Waals surface area contributed by atoms with E-state index in [0.717, 1.165) is 18.9 Å². The standard InChI is InChI=1S/C14H27N5O.HI/c1-5-6-7-8-11(2)17-14(15-4)16-10-9-13-18-12(3)19-20-13;/h11H,5-10H2,1-4H3,(H2,15,16,17);1H. The van der Waals surface area contributed by atoms with Crippen LogP contribution in [0.1, 0.15) is 51.2 Å². The van der Waals surface area contributed by atoms with Gasteiger partial charge in [0.15, 0.2) is 11.8 Å². The second kappa shape index (κ2) is 11.8. The highest BCUT2D eigenvalue weighted by atomic mass is 127. The third-order valence-electron chi connectivity index (χ3n) is 3.05. The summed E-state index contributed by atoms with van der Waals surface area (Å²) < 4.78 is 5.06. The molecule has 0 amide bonds. The van der Waals surface area contributed by atoms with Gasteiger partial charge in [-0.25, -0.2) is 0 Å². The van der Waals surface area contributed by atoms with E-state index in [4.69, 9.17) is 4.52 Å². The Kier molecular flexibility index (Phi) is 11.3. The van der Waals surface area contributed by atoms with E-state index in [2.05, 4.69) is 39.6 Å². The molecule has 0 aliphatic carbocycles. The third-order valence-corrected chi connectivity index (χ3v) is 3.05. The normalized spacial score (nSPS) is 12.7. The number of nitrogens with zero attached hydrogens (tertiary/aromatic N) is 3. The molecule has 0 spiro atoms. The lowest BCUT2D eigenvalue weighted by molar-refractivity contribution is 0.374. The van der Waals surface area contributed by atoms with Gasteiger partial charge in [0.2, 0.25) is 5.89 Å². The molecule has 0 aliphatic heterocycles. The minimum absolute atomic E-state index is 0. The topological polar surface area (TPSA) is 75.3 Å². The Labute approximate surface area is 144 Å². The number of halogens is 1. The van der Waals surface area contributed by atoms with Crippen molar-refractivity contribution in [1.82, 2.24) is 20.8 Å². The molecule has 1 unspecified atom stereocenters. The maximum atomic E-state index is 5.06. The fourth-order valence-corrected chi connectivity index (χ4v) is 1.93. The van der Waals surface area contributed by atoms with Crippen LogP contribution in [0.3, 0.4) is 0 Å². The van der Waals surface area contributed by atoms with E-state index in [0.29, 0.717) is 24.2 Å². The molecule has 7 heteroatoms. The van der Waals surface area contributed by atoms with Crippen molar-refractivity contribution < 1.29 is 4.52 Å². The Morgan fingerprint density at radius 2 is 2.14 bits per heavy atom. The van der Waals surface area contributed by atoms with Gasteiger partial charge in [0.1, 0.15) is 0 Å². The lowest BCUT2D eigenvalue weighted by Crippen LogP contribution is -2.42. The quantitative estimate of drug-likeness (QED) is 0.299. The highest BCUT2D eigenvalue weighted by molar-refractivity contribution is 14.0. The maximum Gasteiger partial charge on any atom is 0.228 e. The molecule has 1 aromatic rings. The average molecular weight is 409 g/mol. The average Bonchev–Trinajstić information content (AvgIpc) is 2.83. The smallest absolute Gasteiger partial charge is 0.228 e. The van der Waals surface area contributed by atoms with Gasteiger partial charge >= 0.3 is 0 Å². The van der Waals surface area contributed by atoms with Crippen molar-refractivity contribution in [3.8, 4) is 0 Å². The van der Waals surface area contributed by atoms with Crippen molar-refractivity contribution in [2.45, 2.75) is 58.9 Å². The van der Waals surface area contributed by atoms with Gasteiger partial charge < -0.3 is 15.2 Å². The Hall–Kier alpha value is -0.860. The van der Waals surface area contributed by atoms with E-state index in [1.54, 1.807) is 7.05 Å². The monoisotopic (exact) mass is 409 g/mol. The second-order valence-electron chi connectivity index (χ2n) is 5.03. The van der Waals surface area contributed by atoms with Crippen molar-refractivity contribution in [1.29, 1.82) is 0 Å². The predicted octanol–water partition coefficient (Wildman–Crippen LogP) is 2.67. The van der Waals surface area contributed by atoms with Gasteiger partial charge in [-0.2, -0.15) is 4.98 Å². The van der Waals surface area contributed by atoms with Crippen LogP contribution in [0.2, 0.25) is 0 Å². The number of rotatable bonds is 8. The molecule has 0 saturated heterocycles. The summed E-state index contributed by atoms with van der Waals surface area (Å²) in [6.07, 6.45) is 5.66. The highest BCUT2D eigenvalue weighted by Crippen LogP contribution is 2.02. The van der Waals surface area contributed by atoms with E-state index in [1.165, 1.54) is 19.3 Å². The van der Waals surface area contributed by atoms with Gasteiger partial charge in [-0.05, 0) is 20.3 Å². The highest BCUT2D eigenvalue weighted by Gasteiger charge is 2.06. The summed E-state index contributed by atoms with van der Waals surface area (Å²) in [4.78, 5) is 8.39. The van der Waals surface area contributed by atoms with Gasteiger partial charge in [0.25, 0.3) is 0 Å². The molecule has 21 heavy (non-hydrogen) atoms. The lowest BCUT2D eigenvalue weighted by Gasteiger charge is -2.17. The van der Waals surface area contributed by atoms with Gasteiger partial charge in [-0.15, -0.1) is 24.0 Å². The molecule has 1 atom stereocenters. The first-order valence-electron chi connectivity index (χ1n) is 7.42. The van der Waals surface area contributed by atoms with Gasteiger partial charge in [-0.3, -0.25) is 4.99 Å². The largest absolute Gasteiger partial charge is 0.356 e. The van der Waals surface area contributed by atoms with E-state index in [1.807, 2.05) is 6.92 Å². The molecule has 1 rings (SSSR count). The molecule has 1 heterocycles. The summed E-state index contributed by atoms with van der Waals surface area (Å²) in [5, 5.41) is 10.4. The molecule has 1 aromatic heterocycles. The zero-order valence-corrected chi connectivity index (χ0v) is 15.8. The summed E-state index contributed by atoms with van der Waals surface area (Å²) in [6.45, 7) is 6.95. The van der Waals surface area contributed by atoms with Crippen LogP contribution in [0, 0.1) is 6.92 Å². The van der Waals surface area contributed by atoms with E-state index in [-0.39, 0.29) is 24.0 Å². The van der Waals surface area contributed by atoms with Gasteiger partial charge in [0.05, 0.1) is 0 Å². The van der Waals surface area contributed by atoms with E-state index in [9.17, 15) is 0 Å². The van der Waals surface area contributed by atoms with Gasteiger partial charge in [0, 0.05) is 26.1 Å². The Morgan fingerprint density at radius 3 is 2.71 bits per heavy atom. The van der Waals surface area contributed by atoms with Crippen molar-refractivity contribution in [2.75, 3.05) is 13.6 Å². The molecule has 0 aromatic carbocycles. The van der Waals surface area contributed by atoms with Crippen LogP contribution in [0.25, 0.3) is 0 Å². The fraction of sp³-hybridized carbons (Fsp3) is 0.786. The molecular weight excluding hydrogens is 381 g/mol. The minimum atomic E-state index is 0. The van der Waals surface area contributed by atoms with Crippen molar-refractivity contribution in [2.24, 2.45) is 4.99 Å². The zero-order valence-electron chi connectivity index (χ0n) is 13.5. The van der Waals surface area contributed by atoms with Crippen molar-refractivity contribution >= 4 is 29.9 Å². The van der Waals surface area contributed by atoms with Crippen molar-refractivity contribution in [3.05, 3.63) is 11.7 Å². The summed E-state index contributed by atoms with van der Waals surface area (Å²) in [5.41, 5.74) is 0. The Balaban J connectivity index is 0.00000400. The maximum absolute atomic E-state index is 5.06. The summed E-state index contributed by atoms with van der Waals surface area (Å²) >= 11 is 0. The number of aromatic nitrogens is 2. The van der Waals surface area contributed by atoms with Gasteiger partial charge in [-0.1, -0.05) is 31.3 Å². The Bertz CT molecular complexity index is 408. The molecule has 0 bridgehead atoms. The van der Waals surface area contributed by atoms with Crippen LogP contribution in [0.15, 0.2) is 9.52 Å². The third kappa shape index (κ3) is 8.90. The number of hydrogen-bond acceptors (Lipinski definition) is 4. The summed E-state index contributed by atoms with van der Waals surface area (Å²) in [6, 6.07) is 0.429. The number of guanidine groups is 1. The number of unbranched alkanes of at least 4 members (excludes halogenated alkanes) is 2. The zero-order chi connectivity index (χ0) is 14.8. The summed E-state index contributed by atoms with van der Waals surface area (Å²) in [7, 11) is 1.78. The fourth-order valence-electron chi connectivity index (χ4n) is 1.93. The molecule has 0 saturated carbocycles. The first-order valence-corrected chi connectivity index (χ1v) is 7.42. The van der Waals surface area contributed by atoms with Crippen LogP contribution in [-0.2, 0) is 6.42 Å². The van der Waals surface area contributed by atoms with E-state index < -0.39 is 0 Å². The SMILES string of the molecule is CCCCCC(C)NC(=NC)NCCc1nc(C)no1.I. The second-order valence-corrected chi connectivity index (χ2v) is 5.03. The van der Waals surface area contributed by atoms with Crippen LogP contribution in [0.4, 0.5) is 0 Å². The molecule has 122 valence electrons. The summed E-state index contributed by atoms with van der Waals surface area (Å²) in [5.74, 6) is 2.15. The van der Waals surface area contributed by atoms with Crippen LogP contribution in [0.5, 0.6) is 0 Å². The van der Waals surface area contributed by atoms with Crippen molar-refractivity contribution in [3.63, 3.8) is 0 Å². The molecule has 0 fully saturated rings. The molecule has 2 N–H and O–H groups in total. The van der Waals surface area contributed by atoms with Crippen LogP contribution in [-0.4, -0.2) is 35.7 Å². The lowest BCUT2D eigenvalue weighted by atomic mass is 10.1. The number of nitrogens with one attached hydrogen (secondary N) is 2. The van der Waals surface area contributed by atoms with Crippen LogP contribution < -0.4 is 10.6 Å². The number of aliphatic imine (C=N–C) groups is 1. The first kappa shape index (κ1) is 20.1. The van der Waals surface area contributed by atoms with Crippen LogP contribution >= 0.6 is 24.0 Å². The number of aryl methyl sites for hydroxylation is 1. The first-order chi connectivity index (χ1) is 9.65. The van der Waals surface area contributed by atoms with E-state index >= 15 is 0 Å². The molecule has 6 nitrogen and oxygen atoms in total. The molecular formula is C14H28IN5O. The number of hydrogen-bond donors (Lipinski definition) is 2.